The van der Waals surface area contributed by atoms with Crippen LogP contribution >= 0.6 is 0 Å². The molecule has 39 nitrogen and oxygen atoms in total. The number of aliphatic carboxylic acids is 2. The van der Waals surface area contributed by atoms with E-state index in [1.165, 1.54) is 45.0 Å². The number of H-pyrrole nitrogens is 2. The molecule has 1 saturated heterocycles. The third-order valence-corrected chi connectivity index (χ3v) is 20.7. The highest BCUT2D eigenvalue weighted by molar-refractivity contribution is 6.02. The van der Waals surface area contributed by atoms with Crippen molar-refractivity contribution in [3.05, 3.63) is 102 Å². The van der Waals surface area contributed by atoms with Crippen molar-refractivity contribution in [2.75, 3.05) is 13.1 Å². The van der Waals surface area contributed by atoms with Gasteiger partial charge in [0.05, 0.1) is 31.1 Å². The summed E-state index contributed by atoms with van der Waals surface area (Å²) < 4.78 is 0. The molecule has 0 aliphatic carbocycles. The molecule has 0 bridgehead atoms. The average molecular weight is 1720 g/mol. The number of primary amides is 1. The molecule has 1 aliphatic heterocycles. The number of carbonyl (C=O) groups is 16. The number of hydrogen-bond acceptors (Lipinski definition) is 21. The number of aliphatic hydroxyl groups excluding tert-OH is 2. The van der Waals surface area contributed by atoms with E-state index in [2.05, 4.69) is 73.8 Å². The SMILES string of the molecule is CC(C)C[C@H](NC(=O)[C@H](CCCCN)NC(=O)[C@@H](NC(=O)[C@H](CC(C)C)NC(=O)[C@@H]1CCCN1C(=O)[C@H](CC(=O)O)NC(=O)[C@H](Cc1ccc(O)cc1)NC(=O)[C@H](Cc1c[nH]c2ccccc12)NC(=O)[C@H](CC(N)=O)NC(=O)[C@H](C)N)[C@@H](C)O)C(=O)N[C@@H](Cc1c[nH]c2ccccc12)C(=O)N[C@@H](CC(C)C)C(=O)N[C@H](C(=O)N[C@H](C(=O)O)C(C)C)[C@@H](C)O. The number of carbonyl (C=O) groups excluding carboxylic acids is 14. The van der Waals surface area contributed by atoms with Crippen LogP contribution in [0.5, 0.6) is 5.75 Å². The number of nitrogens with zero attached hydrogens (tertiary/aromatic N) is 1. The fourth-order valence-electron chi connectivity index (χ4n) is 14.2. The molecule has 2 aromatic heterocycles. The van der Waals surface area contributed by atoms with Crippen LogP contribution in [0.15, 0.2) is 85.2 Å². The molecule has 5 aromatic rings. The standard InChI is InChI=1S/C84H122N18O21/c1-41(2)31-57(73(111)95-61(35-49-39-88-54-21-14-12-19-52(49)54)75(113)93-58(32-42(3)4)78(116)101-70(47(11)104)82(120)99-68(44(7)8)84(122)123)92-72(110)56(23-16-17-29-85)90-81(119)69(46(10)103)100-79(117)59(33-43(5)6)97-80(118)65-24-18-30-102(65)83(121)64(38-67(107)108)98-74(112)60(34-48-25-27-51(105)28-26-48)94-76(114)62(36-50-40-89-55-22-15-13-20-53(50)55)96-77(115)63(37-66(87)106)91-71(109)45(9)86/h12-15,19-22,25-28,39-47,56-65,68-70,88-89,103-105H,16-18,23-24,29-38,85-86H2,1-11H3,(H2,87,106)(H,90,119)(H,91,109)(H,92,110)(H,93,113)(H,94,114)(H,95,111)(H,96,115)(H,97,118)(H,98,112)(H,99,120)(H,100,117)(H,101,116)(H,107,108)(H,122,123)/t45-,46+,47+,56-,57-,58-,59-,60-,61-,62-,63-,64-,65-,68-,69-,70-/m0/s1. The number of amides is 14. The second-order valence-electron chi connectivity index (χ2n) is 33.0. The van der Waals surface area contributed by atoms with Crippen LogP contribution in [-0.4, -0.2) is 245 Å². The van der Waals surface area contributed by atoms with Gasteiger partial charge in [0.15, 0.2) is 0 Å². The van der Waals surface area contributed by atoms with Crippen LogP contribution in [-0.2, 0) is 96.0 Å². The van der Waals surface area contributed by atoms with Gasteiger partial charge in [-0.3, -0.25) is 71.9 Å². The first-order valence-electron chi connectivity index (χ1n) is 41.3. The van der Waals surface area contributed by atoms with Crippen LogP contribution in [0, 0.1) is 23.7 Å². The number of aromatic amines is 2. The summed E-state index contributed by atoms with van der Waals surface area (Å²) in [6, 6.07) is -2.30. The number of nitrogens with one attached hydrogen (secondary N) is 14. The number of nitrogens with two attached hydrogens (primary N) is 3. The van der Waals surface area contributed by atoms with Crippen molar-refractivity contribution in [2.24, 2.45) is 40.9 Å². The van der Waals surface area contributed by atoms with Gasteiger partial charge >= 0.3 is 11.9 Å². The molecule has 123 heavy (non-hydrogen) atoms. The summed E-state index contributed by atoms with van der Waals surface area (Å²) >= 11 is 0. The number of unbranched alkanes of at least 4 members (excludes halogenated alkanes) is 1. The second kappa shape index (κ2) is 47.4. The van der Waals surface area contributed by atoms with E-state index in [0.29, 0.717) is 44.9 Å². The highest BCUT2D eigenvalue weighted by Crippen LogP contribution is 2.25. The van der Waals surface area contributed by atoms with Crippen LogP contribution < -0.4 is 81.0 Å². The first kappa shape index (κ1) is 99.7. The molecule has 0 spiro atoms. The highest BCUT2D eigenvalue weighted by atomic mass is 16.4. The van der Waals surface area contributed by atoms with Crippen molar-refractivity contribution >= 4 is 116 Å². The first-order chi connectivity index (χ1) is 58.0. The molecule has 0 radical (unpaired) electrons. The van der Waals surface area contributed by atoms with Crippen LogP contribution in [0.3, 0.4) is 0 Å². The average Bonchev–Trinajstić information content (AvgIpc) is 1.74. The number of phenolic OH excluding ortho intramolecular Hbond substituents is 1. The predicted octanol–water partition coefficient (Wildman–Crippen LogP) is -1.34. The molecule has 1 fully saturated rings. The number of fused-ring (bicyclic) bond motifs is 2. The molecule has 3 aromatic carbocycles. The highest BCUT2D eigenvalue weighted by Gasteiger charge is 2.43. The molecule has 674 valence electrons. The fourth-order valence-corrected chi connectivity index (χ4v) is 14.2. The molecular formula is C84H122N18O21. The maximum Gasteiger partial charge on any atom is 0.326 e. The Morgan fingerprint density at radius 3 is 1.27 bits per heavy atom. The number of aliphatic hydroxyl groups is 2. The van der Waals surface area contributed by atoms with E-state index in [1.807, 2.05) is 0 Å². The summed E-state index contributed by atoms with van der Waals surface area (Å²) in [7, 11) is 0. The Kier molecular flexibility index (Phi) is 38.4. The van der Waals surface area contributed by atoms with Gasteiger partial charge in [-0.25, -0.2) is 4.79 Å². The van der Waals surface area contributed by atoms with Crippen LogP contribution in [0.4, 0.5) is 0 Å². The van der Waals surface area contributed by atoms with Crippen molar-refractivity contribution in [1.82, 2.24) is 78.7 Å². The number of benzene rings is 3. The van der Waals surface area contributed by atoms with Gasteiger partial charge in [-0.05, 0) is 143 Å². The monoisotopic (exact) mass is 1720 g/mol. The predicted molar refractivity (Wildman–Crippen MR) is 451 cm³/mol. The van der Waals surface area contributed by atoms with Gasteiger partial charge in [-0.1, -0.05) is 104 Å². The Bertz CT molecular complexity index is 4520. The third-order valence-electron chi connectivity index (χ3n) is 20.7. The summed E-state index contributed by atoms with van der Waals surface area (Å²) in [5.74, 6) is -18.5. The minimum absolute atomic E-state index is 0.0328. The summed E-state index contributed by atoms with van der Waals surface area (Å²) in [4.78, 5) is 232. The van der Waals surface area contributed by atoms with Crippen LogP contribution in [0.25, 0.3) is 21.8 Å². The largest absolute Gasteiger partial charge is 0.508 e. The van der Waals surface area contributed by atoms with E-state index in [4.69, 9.17) is 17.2 Å². The number of carboxylic acids is 2. The van der Waals surface area contributed by atoms with Crippen molar-refractivity contribution in [3.8, 4) is 5.75 Å². The van der Waals surface area contributed by atoms with Gasteiger partial charge in [0.2, 0.25) is 82.7 Å². The maximum atomic E-state index is 14.9. The zero-order valence-corrected chi connectivity index (χ0v) is 71.2. The van der Waals surface area contributed by atoms with E-state index in [-0.39, 0.29) is 101 Å². The topological polar surface area (TPSA) is 632 Å². The number of hydrogen-bond donors (Lipinski definition) is 22. The molecular weight excluding hydrogens is 1600 g/mol. The van der Waals surface area contributed by atoms with Crippen molar-refractivity contribution in [2.45, 2.75) is 256 Å². The number of likely N-dealkylation sites (tertiary alicyclic amines) is 1. The lowest BCUT2D eigenvalue weighted by Crippen LogP contribution is -2.62. The van der Waals surface area contributed by atoms with Crippen LogP contribution in [0.2, 0.25) is 0 Å². The molecule has 3 heterocycles. The van der Waals surface area contributed by atoms with Crippen molar-refractivity contribution in [3.63, 3.8) is 0 Å². The number of rotatable bonds is 49. The molecule has 6 rings (SSSR count). The van der Waals surface area contributed by atoms with Gasteiger partial charge in [0.25, 0.3) is 0 Å². The van der Waals surface area contributed by atoms with Crippen molar-refractivity contribution < 1.29 is 102 Å². The van der Waals surface area contributed by atoms with Crippen LogP contribution in [0.1, 0.15) is 157 Å². The lowest BCUT2D eigenvalue weighted by atomic mass is 9.98. The van der Waals surface area contributed by atoms with Gasteiger partial charge in [0, 0.05) is 60.0 Å². The summed E-state index contributed by atoms with van der Waals surface area (Å²) in [5.41, 5.74) is 19.8. The lowest BCUT2D eigenvalue weighted by Gasteiger charge is -2.31. The Morgan fingerprint density at radius 2 is 0.837 bits per heavy atom. The number of para-hydroxylation sites is 2. The zero-order valence-electron chi connectivity index (χ0n) is 71.2. The van der Waals surface area contributed by atoms with E-state index < -0.39 is 210 Å². The molecule has 39 heteroatoms. The maximum absolute atomic E-state index is 14.9. The van der Waals surface area contributed by atoms with E-state index in [0.717, 1.165) is 4.90 Å². The quantitative estimate of drug-likeness (QED) is 0.0200. The van der Waals surface area contributed by atoms with Gasteiger partial charge < -0.3 is 121 Å². The molecule has 0 saturated carbocycles. The van der Waals surface area contributed by atoms with Gasteiger partial charge in [0.1, 0.15) is 84.3 Å². The summed E-state index contributed by atoms with van der Waals surface area (Å²) in [5, 5.41) is 84.4. The van der Waals surface area contributed by atoms with E-state index in [9.17, 15) is 102 Å². The number of aromatic hydroxyl groups is 1. The number of phenols is 1. The molecule has 25 N–H and O–H groups in total. The number of carboxylic acid groups (broad SMARTS) is 2. The molecule has 0 unspecified atom stereocenters. The normalized spacial score (nSPS) is 16.4. The second-order valence-corrected chi connectivity index (χ2v) is 33.0. The minimum atomic E-state index is -1.95. The minimum Gasteiger partial charge on any atom is -0.508 e. The number of aromatic nitrogens is 2. The Labute approximate surface area is 712 Å². The zero-order chi connectivity index (χ0) is 91.4. The van der Waals surface area contributed by atoms with E-state index >= 15 is 0 Å². The van der Waals surface area contributed by atoms with Gasteiger partial charge in [-0.2, -0.15) is 0 Å². The smallest absolute Gasteiger partial charge is 0.326 e. The summed E-state index contributed by atoms with van der Waals surface area (Å²) in [6.07, 6.45) is -2.40. The first-order valence-corrected chi connectivity index (χ1v) is 41.3. The molecule has 14 amide bonds. The van der Waals surface area contributed by atoms with E-state index in [1.54, 1.807) is 116 Å². The fraction of sp³-hybridized carbons (Fsp3) is 0.548. The van der Waals surface area contributed by atoms with Crippen molar-refractivity contribution in [1.29, 1.82) is 0 Å². The Balaban J connectivity index is 1.22. The third kappa shape index (κ3) is 30.5. The van der Waals surface area contributed by atoms with Gasteiger partial charge in [-0.15, -0.1) is 0 Å². The lowest BCUT2D eigenvalue weighted by molar-refractivity contribution is -0.146. The summed E-state index contributed by atoms with van der Waals surface area (Å²) in [6.45, 7) is 17.2. The molecule has 1 aliphatic rings. The molecule has 16 atom stereocenters. The Hall–Kier alpha value is -12.1. The Morgan fingerprint density at radius 1 is 0.447 bits per heavy atom.